The first-order valence-corrected chi connectivity index (χ1v) is 8.23. The van der Waals surface area contributed by atoms with Gasteiger partial charge < -0.3 is 14.0 Å². The van der Waals surface area contributed by atoms with Crippen molar-refractivity contribution < 1.29 is 14.0 Å². The van der Waals surface area contributed by atoms with E-state index >= 15 is 0 Å². The zero-order valence-corrected chi connectivity index (χ0v) is 14.9. The number of rotatable bonds is 4. The van der Waals surface area contributed by atoms with Crippen LogP contribution in [0.2, 0.25) is 0 Å². The van der Waals surface area contributed by atoms with Gasteiger partial charge in [0.2, 0.25) is 0 Å². The average molecular weight is 326 g/mol. The first-order valence-electron chi connectivity index (χ1n) is 8.23. The summed E-state index contributed by atoms with van der Waals surface area (Å²) in [5, 5.41) is 0. The van der Waals surface area contributed by atoms with Crippen molar-refractivity contribution in [1.29, 1.82) is 0 Å². The lowest BCUT2D eigenvalue weighted by atomic mass is 9.78. The summed E-state index contributed by atoms with van der Waals surface area (Å²) in [7, 11) is -0.391. The maximum atomic E-state index is 6.11. The molecule has 0 amide bonds. The Balaban J connectivity index is 1.85. The van der Waals surface area contributed by atoms with E-state index in [1.165, 1.54) is 0 Å². The van der Waals surface area contributed by atoms with Crippen LogP contribution in [0.25, 0.3) is 11.4 Å². The number of nitrogens with zero attached hydrogens (tertiary/aromatic N) is 2. The summed E-state index contributed by atoms with van der Waals surface area (Å²) >= 11 is 0. The summed E-state index contributed by atoms with van der Waals surface area (Å²) in [5.41, 5.74) is 1.17. The van der Waals surface area contributed by atoms with Gasteiger partial charge in [-0.05, 0) is 40.1 Å². The molecule has 0 atom stereocenters. The van der Waals surface area contributed by atoms with E-state index in [2.05, 4.69) is 9.97 Å². The molecule has 0 unspecified atom stereocenters. The van der Waals surface area contributed by atoms with E-state index in [-0.39, 0.29) is 11.2 Å². The maximum absolute atomic E-state index is 6.11. The van der Waals surface area contributed by atoms with Gasteiger partial charge in [0.25, 0.3) is 0 Å². The van der Waals surface area contributed by atoms with Gasteiger partial charge in [-0.15, -0.1) is 0 Å². The summed E-state index contributed by atoms with van der Waals surface area (Å²) in [5.74, 6) is 1.32. The fourth-order valence-corrected chi connectivity index (χ4v) is 2.51. The minimum absolute atomic E-state index is 0.358. The van der Waals surface area contributed by atoms with Crippen molar-refractivity contribution >= 4 is 12.6 Å². The zero-order chi connectivity index (χ0) is 17.4. The van der Waals surface area contributed by atoms with E-state index in [0.29, 0.717) is 18.2 Å². The van der Waals surface area contributed by atoms with E-state index < -0.39 is 7.12 Å². The number of ether oxygens (including phenoxy) is 1. The maximum Gasteiger partial charge on any atom is 0.494 e. The van der Waals surface area contributed by atoms with Crippen LogP contribution in [0.3, 0.4) is 0 Å². The second-order valence-corrected chi connectivity index (χ2v) is 6.89. The number of aromatic nitrogens is 2. The summed E-state index contributed by atoms with van der Waals surface area (Å²) in [6, 6.07) is 7.96. The molecule has 0 saturated carbocycles. The van der Waals surface area contributed by atoms with Crippen LogP contribution in [0, 0.1) is 0 Å². The third-order valence-electron chi connectivity index (χ3n) is 4.61. The molecule has 1 saturated heterocycles. The molecule has 6 heteroatoms. The van der Waals surface area contributed by atoms with Crippen LogP contribution in [0.1, 0.15) is 34.6 Å². The topological polar surface area (TPSA) is 53.5 Å². The van der Waals surface area contributed by atoms with Crippen molar-refractivity contribution in [2.45, 2.75) is 45.8 Å². The Bertz CT molecular complexity index is 700. The average Bonchev–Trinajstić information content (AvgIpc) is 2.77. The molecule has 5 nitrogen and oxygen atoms in total. The molecule has 0 aliphatic carbocycles. The Morgan fingerprint density at radius 1 is 1.04 bits per heavy atom. The largest absolute Gasteiger partial charge is 0.494 e. The second kappa shape index (κ2) is 6.18. The molecule has 1 aliphatic heterocycles. The Hall–Kier alpha value is -1.92. The smallest absolute Gasteiger partial charge is 0.491 e. The fraction of sp³-hybridized carbons (Fsp3) is 0.444. The Kier molecular flexibility index (Phi) is 4.36. The first-order chi connectivity index (χ1) is 11.3. The molecular formula is C18H23BN2O3. The standard InChI is InChI=1S/C18H23BN2O3/c1-6-22-15-11-20-16(21-12-15)13-8-7-9-14(10-13)19-23-17(2,3)18(4,5)24-19/h7-12H,6H2,1-5H3. The van der Waals surface area contributed by atoms with Crippen LogP contribution in [0.4, 0.5) is 0 Å². The van der Waals surface area contributed by atoms with Crippen molar-refractivity contribution in [3.63, 3.8) is 0 Å². The van der Waals surface area contributed by atoms with Crippen molar-refractivity contribution in [1.82, 2.24) is 9.97 Å². The number of benzene rings is 1. The predicted octanol–water partition coefficient (Wildman–Crippen LogP) is 2.84. The van der Waals surface area contributed by atoms with E-state index in [0.717, 1.165) is 11.0 Å². The van der Waals surface area contributed by atoms with Gasteiger partial charge in [-0.2, -0.15) is 0 Å². The molecule has 1 aromatic carbocycles. The summed E-state index contributed by atoms with van der Waals surface area (Å²) in [6.45, 7) is 10.7. The minimum atomic E-state index is -0.391. The second-order valence-electron chi connectivity index (χ2n) is 6.89. The molecule has 1 fully saturated rings. The molecule has 24 heavy (non-hydrogen) atoms. The van der Waals surface area contributed by atoms with Crippen LogP contribution in [0.15, 0.2) is 36.7 Å². The molecule has 0 radical (unpaired) electrons. The molecule has 3 rings (SSSR count). The highest BCUT2D eigenvalue weighted by Gasteiger charge is 2.51. The van der Waals surface area contributed by atoms with Gasteiger partial charge in [0.1, 0.15) is 0 Å². The first kappa shape index (κ1) is 16.9. The number of hydrogen-bond acceptors (Lipinski definition) is 5. The van der Waals surface area contributed by atoms with Gasteiger partial charge in [-0.1, -0.05) is 24.3 Å². The summed E-state index contributed by atoms with van der Waals surface area (Å²) in [4.78, 5) is 8.75. The van der Waals surface area contributed by atoms with E-state index in [4.69, 9.17) is 14.0 Å². The Labute approximate surface area is 143 Å². The van der Waals surface area contributed by atoms with Gasteiger partial charge in [0.15, 0.2) is 11.6 Å². The van der Waals surface area contributed by atoms with Crippen LogP contribution in [-0.2, 0) is 9.31 Å². The molecule has 126 valence electrons. The molecular weight excluding hydrogens is 303 g/mol. The van der Waals surface area contributed by atoms with Gasteiger partial charge in [-0.3, -0.25) is 0 Å². The monoisotopic (exact) mass is 326 g/mol. The lowest BCUT2D eigenvalue weighted by Gasteiger charge is -2.32. The Morgan fingerprint density at radius 2 is 1.67 bits per heavy atom. The van der Waals surface area contributed by atoms with Crippen molar-refractivity contribution in [2.24, 2.45) is 0 Å². The van der Waals surface area contributed by atoms with Crippen molar-refractivity contribution in [2.75, 3.05) is 6.61 Å². The number of hydrogen-bond donors (Lipinski definition) is 0. The van der Waals surface area contributed by atoms with Gasteiger partial charge in [0, 0.05) is 5.56 Å². The highest BCUT2D eigenvalue weighted by atomic mass is 16.7. The molecule has 2 heterocycles. The van der Waals surface area contributed by atoms with Crippen molar-refractivity contribution in [3.8, 4) is 17.1 Å². The van der Waals surface area contributed by atoms with E-state index in [1.54, 1.807) is 12.4 Å². The highest BCUT2D eigenvalue weighted by molar-refractivity contribution is 6.62. The molecule has 1 aromatic heterocycles. The summed E-state index contributed by atoms with van der Waals surface area (Å²) in [6.07, 6.45) is 3.38. The molecule has 0 bridgehead atoms. The van der Waals surface area contributed by atoms with Crippen LogP contribution in [0.5, 0.6) is 5.75 Å². The third-order valence-corrected chi connectivity index (χ3v) is 4.61. The SMILES string of the molecule is CCOc1cnc(-c2cccc(B3OC(C)(C)C(C)(C)O3)c2)nc1. The van der Waals surface area contributed by atoms with Crippen LogP contribution < -0.4 is 10.2 Å². The normalized spacial score (nSPS) is 18.6. The predicted molar refractivity (Wildman–Crippen MR) is 94.4 cm³/mol. The van der Waals surface area contributed by atoms with Crippen LogP contribution >= 0.6 is 0 Å². The quantitative estimate of drug-likeness (QED) is 0.809. The molecule has 2 aromatic rings. The molecule has 0 spiro atoms. The van der Waals surface area contributed by atoms with Crippen molar-refractivity contribution in [3.05, 3.63) is 36.7 Å². The van der Waals surface area contributed by atoms with Gasteiger partial charge in [0.05, 0.1) is 30.2 Å². The van der Waals surface area contributed by atoms with Crippen LogP contribution in [-0.4, -0.2) is 34.9 Å². The minimum Gasteiger partial charge on any atom is -0.491 e. The third kappa shape index (κ3) is 3.16. The lowest BCUT2D eigenvalue weighted by molar-refractivity contribution is 0.00578. The van der Waals surface area contributed by atoms with E-state index in [1.807, 2.05) is 58.9 Å². The Morgan fingerprint density at radius 3 is 2.25 bits per heavy atom. The fourth-order valence-electron chi connectivity index (χ4n) is 2.51. The highest BCUT2D eigenvalue weighted by Crippen LogP contribution is 2.36. The van der Waals surface area contributed by atoms with Gasteiger partial charge >= 0.3 is 7.12 Å². The molecule has 0 N–H and O–H groups in total. The lowest BCUT2D eigenvalue weighted by Crippen LogP contribution is -2.41. The van der Waals surface area contributed by atoms with E-state index in [9.17, 15) is 0 Å². The molecule has 1 aliphatic rings. The zero-order valence-electron chi connectivity index (χ0n) is 14.9. The van der Waals surface area contributed by atoms with Gasteiger partial charge in [-0.25, -0.2) is 9.97 Å². The summed E-state index contributed by atoms with van der Waals surface area (Å²) < 4.78 is 17.6.